The highest BCUT2D eigenvalue weighted by molar-refractivity contribution is 5.91. The predicted octanol–water partition coefficient (Wildman–Crippen LogP) is 3.00. The molecule has 0 aliphatic heterocycles. The second-order valence-corrected chi connectivity index (χ2v) is 5.26. The van der Waals surface area contributed by atoms with Crippen LogP contribution in [0, 0.1) is 25.5 Å². The summed E-state index contributed by atoms with van der Waals surface area (Å²) in [4.78, 5) is 11.7. The molecule has 6 heteroatoms. The normalized spacial score (nSPS) is 11.1. The van der Waals surface area contributed by atoms with Crippen LogP contribution in [0.25, 0.3) is 6.08 Å². The van der Waals surface area contributed by atoms with Gasteiger partial charge in [0.1, 0.15) is 11.6 Å². The number of benzene rings is 1. The number of carbonyl (C=O) groups excluding carboxylic acids is 1. The van der Waals surface area contributed by atoms with Gasteiger partial charge in [-0.25, -0.2) is 8.78 Å². The first-order valence-corrected chi connectivity index (χ1v) is 7.38. The van der Waals surface area contributed by atoms with Gasteiger partial charge in [0.15, 0.2) is 0 Å². The smallest absolute Gasteiger partial charge is 0.244 e. The number of amides is 1. The van der Waals surface area contributed by atoms with Gasteiger partial charge in [0.25, 0.3) is 0 Å². The summed E-state index contributed by atoms with van der Waals surface area (Å²) in [6, 6.07) is 5.56. The highest BCUT2D eigenvalue weighted by atomic mass is 19.1. The van der Waals surface area contributed by atoms with Crippen LogP contribution in [-0.2, 0) is 11.3 Å². The highest BCUT2D eigenvalue weighted by Gasteiger charge is 2.05. The molecule has 0 saturated carbocycles. The van der Waals surface area contributed by atoms with Gasteiger partial charge in [-0.15, -0.1) is 0 Å². The topological polar surface area (TPSA) is 46.9 Å². The predicted molar refractivity (Wildman–Crippen MR) is 84.7 cm³/mol. The van der Waals surface area contributed by atoms with Crippen LogP contribution in [-0.4, -0.2) is 22.2 Å². The van der Waals surface area contributed by atoms with Gasteiger partial charge in [-0.3, -0.25) is 9.48 Å². The Kier molecular flexibility index (Phi) is 5.62. The number of halogens is 2. The van der Waals surface area contributed by atoms with E-state index < -0.39 is 11.6 Å². The van der Waals surface area contributed by atoms with Crippen LogP contribution in [0.3, 0.4) is 0 Å². The van der Waals surface area contributed by atoms with Crippen LogP contribution < -0.4 is 5.32 Å². The number of nitrogens with zero attached hydrogens (tertiary/aromatic N) is 2. The average Bonchev–Trinajstić information content (AvgIpc) is 2.81. The maximum atomic E-state index is 13.4. The third-order valence-corrected chi connectivity index (χ3v) is 3.35. The van der Waals surface area contributed by atoms with E-state index in [1.165, 1.54) is 6.07 Å². The molecule has 23 heavy (non-hydrogen) atoms. The third-order valence-electron chi connectivity index (χ3n) is 3.35. The van der Waals surface area contributed by atoms with Gasteiger partial charge in [0, 0.05) is 30.4 Å². The Hall–Kier alpha value is -2.50. The van der Waals surface area contributed by atoms with Crippen molar-refractivity contribution in [2.24, 2.45) is 0 Å². The van der Waals surface area contributed by atoms with Crippen molar-refractivity contribution in [2.75, 3.05) is 6.54 Å². The van der Waals surface area contributed by atoms with Gasteiger partial charge in [0.2, 0.25) is 5.91 Å². The average molecular weight is 319 g/mol. The molecule has 1 aromatic carbocycles. The molecule has 4 nitrogen and oxygen atoms in total. The summed E-state index contributed by atoms with van der Waals surface area (Å²) in [7, 11) is 0. The Morgan fingerprint density at radius 2 is 2.00 bits per heavy atom. The zero-order valence-corrected chi connectivity index (χ0v) is 13.1. The van der Waals surface area contributed by atoms with Gasteiger partial charge in [0.05, 0.1) is 5.69 Å². The molecular weight excluding hydrogens is 300 g/mol. The van der Waals surface area contributed by atoms with Crippen molar-refractivity contribution in [3.63, 3.8) is 0 Å². The van der Waals surface area contributed by atoms with Crippen molar-refractivity contribution >= 4 is 12.0 Å². The number of aryl methyl sites for hydroxylation is 3. The van der Waals surface area contributed by atoms with E-state index in [2.05, 4.69) is 10.4 Å². The maximum Gasteiger partial charge on any atom is 0.244 e. The molecule has 0 fully saturated rings. The third kappa shape index (κ3) is 4.74. The first-order valence-electron chi connectivity index (χ1n) is 7.38. The molecule has 0 aliphatic rings. The molecule has 1 aromatic heterocycles. The second-order valence-electron chi connectivity index (χ2n) is 5.26. The number of rotatable bonds is 6. The Bertz CT molecular complexity index is 702. The van der Waals surface area contributed by atoms with E-state index in [0.29, 0.717) is 13.1 Å². The number of hydrogen-bond acceptors (Lipinski definition) is 2. The van der Waals surface area contributed by atoms with Crippen LogP contribution in [0.1, 0.15) is 23.4 Å². The molecule has 0 aliphatic carbocycles. The fraction of sp³-hybridized carbons (Fsp3) is 0.294. The van der Waals surface area contributed by atoms with Crippen molar-refractivity contribution in [2.45, 2.75) is 26.8 Å². The minimum Gasteiger partial charge on any atom is -0.352 e. The van der Waals surface area contributed by atoms with Crippen molar-refractivity contribution in [1.82, 2.24) is 15.1 Å². The quantitative estimate of drug-likeness (QED) is 0.657. The Labute approximate surface area is 133 Å². The molecule has 0 bridgehead atoms. The fourth-order valence-corrected chi connectivity index (χ4v) is 2.23. The van der Waals surface area contributed by atoms with Crippen LogP contribution in [0.5, 0.6) is 0 Å². The summed E-state index contributed by atoms with van der Waals surface area (Å²) in [5, 5.41) is 7.01. The number of nitrogens with one attached hydrogen (secondary N) is 1. The monoisotopic (exact) mass is 319 g/mol. The Balaban J connectivity index is 1.79. The summed E-state index contributed by atoms with van der Waals surface area (Å²) in [6.45, 7) is 5.06. The molecule has 122 valence electrons. The highest BCUT2D eigenvalue weighted by Crippen LogP contribution is 2.13. The number of aromatic nitrogens is 2. The first kappa shape index (κ1) is 16.9. The summed E-state index contributed by atoms with van der Waals surface area (Å²) in [6.07, 6.45) is 2.99. The molecule has 1 N–H and O–H groups in total. The van der Waals surface area contributed by atoms with E-state index in [0.717, 1.165) is 42.1 Å². The van der Waals surface area contributed by atoms with Crippen molar-refractivity contribution in [3.8, 4) is 0 Å². The molecule has 1 amide bonds. The summed E-state index contributed by atoms with van der Waals surface area (Å²) in [5.74, 6) is -1.78. The van der Waals surface area contributed by atoms with Gasteiger partial charge in [-0.1, -0.05) is 6.07 Å². The zero-order valence-electron chi connectivity index (χ0n) is 13.1. The fourth-order valence-electron chi connectivity index (χ4n) is 2.23. The number of carbonyl (C=O) groups is 1. The van der Waals surface area contributed by atoms with E-state index in [4.69, 9.17) is 0 Å². The van der Waals surface area contributed by atoms with Crippen molar-refractivity contribution in [1.29, 1.82) is 0 Å². The van der Waals surface area contributed by atoms with Gasteiger partial charge < -0.3 is 5.32 Å². The SMILES string of the molecule is Cc1cc(C)n(CCCNC(=O)/C=C/c2c(F)cccc2F)n1. The van der Waals surface area contributed by atoms with Gasteiger partial charge >= 0.3 is 0 Å². The minimum absolute atomic E-state index is 0.217. The molecule has 0 saturated heterocycles. The van der Waals surface area contributed by atoms with Crippen molar-refractivity contribution < 1.29 is 13.6 Å². The molecule has 2 rings (SSSR count). The lowest BCUT2D eigenvalue weighted by atomic mass is 10.2. The molecule has 0 unspecified atom stereocenters. The lowest BCUT2D eigenvalue weighted by Gasteiger charge is -2.05. The largest absolute Gasteiger partial charge is 0.352 e. The number of hydrogen-bond donors (Lipinski definition) is 1. The molecule has 0 spiro atoms. The van der Waals surface area contributed by atoms with Crippen molar-refractivity contribution in [3.05, 3.63) is 58.9 Å². The molecule has 0 atom stereocenters. The van der Waals surface area contributed by atoms with E-state index >= 15 is 0 Å². The van der Waals surface area contributed by atoms with Gasteiger partial charge in [-0.2, -0.15) is 5.10 Å². The lowest BCUT2D eigenvalue weighted by Crippen LogP contribution is -2.23. The van der Waals surface area contributed by atoms with Gasteiger partial charge in [-0.05, 0) is 44.5 Å². The van der Waals surface area contributed by atoms with Crippen LogP contribution in [0.4, 0.5) is 8.78 Å². The summed E-state index contributed by atoms with van der Waals surface area (Å²) in [5.41, 5.74) is 1.82. The van der Waals surface area contributed by atoms with E-state index in [1.54, 1.807) is 0 Å². The zero-order chi connectivity index (χ0) is 16.8. The summed E-state index contributed by atoms with van der Waals surface area (Å²) < 4.78 is 28.7. The van der Waals surface area contributed by atoms with Crippen LogP contribution in [0.15, 0.2) is 30.3 Å². The first-order chi connectivity index (χ1) is 11.0. The molecule has 0 radical (unpaired) electrons. The maximum absolute atomic E-state index is 13.4. The standard InChI is InChI=1S/C17H19F2N3O/c1-12-11-13(2)22(21-12)10-4-9-20-17(23)8-7-14-15(18)5-3-6-16(14)19/h3,5-8,11H,4,9-10H2,1-2H3,(H,20,23)/b8-7+. The Morgan fingerprint density at radius 1 is 1.30 bits per heavy atom. The molecule has 2 aromatic rings. The summed E-state index contributed by atoms with van der Waals surface area (Å²) >= 11 is 0. The van der Waals surface area contributed by atoms with Crippen LogP contribution in [0.2, 0.25) is 0 Å². The van der Waals surface area contributed by atoms with E-state index in [-0.39, 0.29) is 11.5 Å². The molecular formula is C17H19F2N3O. The second kappa shape index (κ2) is 7.67. The Morgan fingerprint density at radius 3 is 2.61 bits per heavy atom. The lowest BCUT2D eigenvalue weighted by molar-refractivity contribution is -0.116. The van der Waals surface area contributed by atoms with E-state index in [9.17, 15) is 13.6 Å². The van der Waals surface area contributed by atoms with Crippen LogP contribution >= 0.6 is 0 Å². The molecule has 1 heterocycles. The van der Waals surface area contributed by atoms with E-state index in [1.807, 2.05) is 24.6 Å². The minimum atomic E-state index is -0.696.